The molecule has 0 aliphatic carbocycles. The van der Waals surface area contributed by atoms with Gasteiger partial charge in [0.2, 0.25) is 0 Å². The highest BCUT2D eigenvalue weighted by molar-refractivity contribution is 14.1. The van der Waals surface area contributed by atoms with Gasteiger partial charge in [0.25, 0.3) is 0 Å². The van der Waals surface area contributed by atoms with Gasteiger partial charge in [0.1, 0.15) is 5.82 Å². The average Bonchev–Trinajstić information content (AvgIpc) is 2.46. The lowest BCUT2D eigenvalue weighted by atomic mass is 10.5. The van der Waals surface area contributed by atoms with E-state index < -0.39 is 0 Å². The lowest BCUT2D eigenvalue weighted by Gasteiger charge is -2.04. The first-order valence-electron chi connectivity index (χ1n) is 4.09. The van der Waals surface area contributed by atoms with Crippen LogP contribution in [0.3, 0.4) is 0 Å². The molecule has 0 atom stereocenters. The molecule has 0 aliphatic heterocycles. The number of rotatable bonds is 5. The average molecular weight is 279 g/mol. The van der Waals surface area contributed by atoms with Crippen LogP contribution in [0.2, 0.25) is 0 Å². The minimum Gasteiger partial charge on any atom is -0.334 e. The van der Waals surface area contributed by atoms with Crippen LogP contribution in [0.5, 0.6) is 0 Å². The van der Waals surface area contributed by atoms with Crippen LogP contribution in [-0.4, -0.2) is 27.1 Å². The normalized spacial score (nSPS) is 10.5. The summed E-state index contributed by atoms with van der Waals surface area (Å²) in [4.78, 5) is 4.15. The fourth-order valence-electron chi connectivity index (χ4n) is 1.03. The number of hydrogen-bond donors (Lipinski definition) is 1. The van der Waals surface area contributed by atoms with Crippen LogP contribution in [0.4, 0.5) is 0 Å². The lowest BCUT2D eigenvalue weighted by molar-refractivity contribution is 0.605. The van der Waals surface area contributed by atoms with Crippen molar-refractivity contribution in [2.24, 2.45) is 0 Å². The number of nitrogens with one attached hydrogen (secondary N) is 1. The van der Waals surface area contributed by atoms with Crippen LogP contribution >= 0.6 is 22.6 Å². The molecule has 3 nitrogen and oxygen atoms in total. The first-order valence-corrected chi connectivity index (χ1v) is 5.61. The summed E-state index contributed by atoms with van der Waals surface area (Å²) >= 11 is 2.37. The highest BCUT2D eigenvalue weighted by Crippen LogP contribution is 1.93. The molecule has 0 saturated heterocycles. The van der Waals surface area contributed by atoms with Gasteiger partial charge in [-0.15, -0.1) is 0 Å². The molecule has 0 saturated carbocycles. The molecule has 0 radical (unpaired) electrons. The SMILES string of the molecule is Cc1nccn1CCNCCI. The molecule has 0 fully saturated rings. The Labute approximate surface area is 86.7 Å². The van der Waals surface area contributed by atoms with Crippen LogP contribution in [0.1, 0.15) is 5.82 Å². The summed E-state index contributed by atoms with van der Waals surface area (Å²) in [6, 6.07) is 0. The minimum atomic E-state index is 1.02. The third kappa shape index (κ3) is 3.10. The number of imidazole rings is 1. The summed E-state index contributed by atoms with van der Waals surface area (Å²) in [5.41, 5.74) is 0. The van der Waals surface area contributed by atoms with Crippen molar-refractivity contribution in [3.63, 3.8) is 0 Å². The Morgan fingerprint density at radius 1 is 1.58 bits per heavy atom. The predicted molar refractivity (Wildman–Crippen MR) is 58.7 cm³/mol. The van der Waals surface area contributed by atoms with E-state index in [1.807, 2.05) is 19.3 Å². The molecule has 1 aromatic rings. The standard InChI is InChI=1S/C8H14IN3/c1-8-11-5-7-12(8)6-4-10-3-2-9/h5,7,10H,2-4,6H2,1H3. The Balaban J connectivity index is 2.20. The molecule has 0 bridgehead atoms. The number of halogens is 1. The Kier molecular flexibility index (Phi) is 4.60. The van der Waals surface area contributed by atoms with Crippen LogP contribution in [0, 0.1) is 6.92 Å². The second-order valence-corrected chi connectivity index (χ2v) is 3.69. The summed E-state index contributed by atoms with van der Waals surface area (Å²) in [6.07, 6.45) is 3.86. The zero-order valence-electron chi connectivity index (χ0n) is 7.26. The van der Waals surface area contributed by atoms with Gasteiger partial charge in [-0.3, -0.25) is 0 Å². The molecule has 1 rings (SSSR count). The summed E-state index contributed by atoms with van der Waals surface area (Å²) < 4.78 is 3.32. The van der Waals surface area contributed by atoms with Crippen LogP contribution in [0.25, 0.3) is 0 Å². The topological polar surface area (TPSA) is 29.9 Å². The van der Waals surface area contributed by atoms with Crippen molar-refractivity contribution in [2.75, 3.05) is 17.5 Å². The van der Waals surface area contributed by atoms with Crippen LogP contribution in [0.15, 0.2) is 12.4 Å². The molecular weight excluding hydrogens is 265 g/mol. The van der Waals surface area contributed by atoms with Crippen LogP contribution < -0.4 is 5.32 Å². The van der Waals surface area contributed by atoms with E-state index in [-0.39, 0.29) is 0 Å². The Hall–Kier alpha value is -0.100. The fraction of sp³-hybridized carbons (Fsp3) is 0.625. The van der Waals surface area contributed by atoms with E-state index >= 15 is 0 Å². The van der Waals surface area contributed by atoms with Gasteiger partial charge in [0.05, 0.1) is 0 Å². The molecule has 0 aliphatic rings. The predicted octanol–water partition coefficient (Wildman–Crippen LogP) is 1.22. The van der Waals surface area contributed by atoms with E-state index in [0.29, 0.717) is 0 Å². The molecule has 1 aromatic heterocycles. The molecule has 0 unspecified atom stereocenters. The Morgan fingerprint density at radius 2 is 2.42 bits per heavy atom. The molecule has 0 aromatic carbocycles. The number of aromatic nitrogens is 2. The molecule has 1 N–H and O–H groups in total. The van der Waals surface area contributed by atoms with Gasteiger partial charge in [-0.2, -0.15) is 0 Å². The quantitative estimate of drug-likeness (QED) is 0.499. The summed E-state index contributed by atoms with van der Waals surface area (Å²) in [7, 11) is 0. The molecule has 0 amide bonds. The second kappa shape index (κ2) is 5.53. The van der Waals surface area contributed by atoms with E-state index in [1.165, 1.54) is 4.43 Å². The molecule has 0 spiro atoms. The van der Waals surface area contributed by atoms with Gasteiger partial charge < -0.3 is 9.88 Å². The third-order valence-electron chi connectivity index (χ3n) is 1.72. The van der Waals surface area contributed by atoms with Crippen molar-refractivity contribution in [1.82, 2.24) is 14.9 Å². The highest BCUT2D eigenvalue weighted by Gasteiger charge is 1.94. The maximum Gasteiger partial charge on any atom is 0.105 e. The zero-order valence-corrected chi connectivity index (χ0v) is 9.41. The molecular formula is C8H14IN3. The second-order valence-electron chi connectivity index (χ2n) is 2.61. The Morgan fingerprint density at radius 3 is 3.00 bits per heavy atom. The van der Waals surface area contributed by atoms with Crippen molar-refractivity contribution in [2.45, 2.75) is 13.5 Å². The van der Waals surface area contributed by atoms with E-state index in [4.69, 9.17) is 0 Å². The molecule has 1 heterocycles. The van der Waals surface area contributed by atoms with Crippen LogP contribution in [-0.2, 0) is 6.54 Å². The van der Waals surface area contributed by atoms with Gasteiger partial charge in [-0.05, 0) is 6.92 Å². The first-order chi connectivity index (χ1) is 5.84. The van der Waals surface area contributed by atoms with Crippen molar-refractivity contribution in [1.29, 1.82) is 0 Å². The zero-order chi connectivity index (χ0) is 8.81. The van der Waals surface area contributed by atoms with Gasteiger partial charge in [0.15, 0.2) is 0 Å². The lowest BCUT2D eigenvalue weighted by Crippen LogP contribution is -2.21. The number of alkyl halides is 1. The first kappa shape index (κ1) is 9.98. The summed E-state index contributed by atoms with van der Waals surface area (Å²) in [5, 5.41) is 3.34. The van der Waals surface area contributed by atoms with Gasteiger partial charge >= 0.3 is 0 Å². The summed E-state index contributed by atoms with van der Waals surface area (Å²) in [6.45, 7) is 5.16. The highest BCUT2D eigenvalue weighted by atomic mass is 127. The van der Waals surface area contributed by atoms with E-state index in [9.17, 15) is 0 Å². The smallest absolute Gasteiger partial charge is 0.105 e. The van der Waals surface area contributed by atoms with Crippen molar-refractivity contribution < 1.29 is 0 Å². The van der Waals surface area contributed by atoms with E-state index in [2.05, 4.69) is 37.5 Å². The monoisotopic (exact) mass is 279 g/mol. The summed E-state index contributed by atoms with van der Waals surface area (Å²) in [5.74, 6) is 1.09. The van der Waals surface area contributed by atoms with Crippen molar-refractivity contribution >= 4 is 22.6 Å². The van der Waals surface area contributed by atoms with Crippen molar-refractivity contribution in [3.05, 3.63) is 18.2 Å². The number of nitrogens with zero attached hydrogens (tertiary/aromatic N) is 2. The Bertz CT molecular complexity index is 222. The largest absolute Gasteiger partial charge is 0.334 e. The molecule has 68 valence electrons. The minimum absolute atomic E-state index is 1.02. The third-order valence-corrected chi connectivity index (χ3v) is 2.26. The maximum absolute atomic E-state index is 4.15. The van der Waals surface area contributed by atoms with Gasteiger partial charge in [-0.25, -0.2) is 4.98 Å². The number of aryl methyl sites for hydroxylation is 1. The van der Waals surface area contributed by atoms with Gasteiger partial charge in [-0.1, -0.05) is 22.6 Å². The van der Waals surface area contributed by atoms with Crippen molar-refractivity contribution in [3.8, 4) is 0 Å². The molecule has 12 heavy (non-hydrogen) atoms. The van der Waals surface area contributed by atoms with Gasteiger partial charge in [0, 0.05) is 36.5 Å². The maximum atomic E-state index is 4.15. The fourth-order valence-corrected chi connectivity index (χ4v) is 1.41. The van der Waals surface area contributed by atoms with E-state index in [0.717, 1.165) is 25.5 Å². The molecule has 4 heteroatoms. The van der Waals surface area contributed by atoms with E-state index in [1.54, 1.807) is 0 Å². The number of hydrogen-bond acceptors (Lipinski definition) is 2.